The van der Waals surface area contributed by atoms with Crippen LogP contribution < -0.4 is 0 Å². The molecule has 5 aromatic rings. The van der Waals surface area contributed by atoms with Crippen molar-refractivity contribution in [1.82, 2.24) is 24.8 Å². The molecule has 0 aliphatic carbocycles. The largest absolute Gasteiger partial charge is 0.272 e. The van der Waals surface area contributed by atoms with Crippen LogP contribution >= 0.6 is 11.3 Å². The fourth-order valence-electron chi connectivity index (χ4n) is 3.09. The standard InChI is InChI=1S/C22H15N5OS/c28-21(27-19-10-5-4-9-18(19)23-25-27)13-12-16-15-26(17-7-2-1-3-8-17)24-22(16)20-11-6-14-29-20/h1-15H. The second-order valence-corrected chi connectivity index (χ2v) is 7.30. The van der Waals surface area contributed by atoms with Crippen molar-refractivity contribution >= 4 is 34.4 Å². The number of nitrogens with zero attached hydrogens (tertiary/aromatic N) is 5. The smallest absolute Gasteiger partial charge is 0.267 e. The van der Waals surface area contributed by atoms with E-state index in [9.17, 15) is 4.79 Å². The summed E-state index contributed by atoms with van der Waals surface area (Å²) in [6, 6.07) is 21.3. The van der Waals surface area contributed by atoms with E-state index in [1.165, 1.54) is 10.8 Å². The first-order valence-corrected chi connectivity index (χ1v) is 9.89. The normalized spacial score (nSPS) is 11.4. The molecule has 6 nitrogen and oxygen atoms in total. The monoisotopic (exact) mass is 397 g/mol. The molecule has 0 saturated carbocycles. The molecule has 3 aromatic heterocycles. The Bertz CT molecular complexity index is 1320. The minimum absolute atomic E-state index is 0.261. The average Bonchev–Trinajstić information content (AvgIpc) is 3.51. The molecule has 0 bridgehead atoms. The van der Waals surface area contributed by atoms with Crippen LogP contribution in [0, 0.1) is 0 Å². The zero-order valence-corrected chi connectivity index (χ0v) is 16.0. The van der Waals surface area contributed by atoms with Gasteiger partial charge in [0.15, 0.2) is 0 Å². The van der Waals surface area contributed by atoms with Crippen LogP contribution in [0.25, 0.3) is 33.4 Å². The van der Waals surface area contributed by atoms with Crippen LogP contribution in [0.2, 0.25) is 0 Å². The molecular formula is C22H15N5OS. The number of allylic oxidation sites excluding steroid dienone is 1. The molecule has 0 fully saturated rings. The van der Waals surface area contributed by atoms with Gasteiger partial charge in [-0.3, -0.25) is 4.79 Å². The molecule has 0 saturated heterocycles. The minimum atomic E-state index is -0.261. The number of fused-ring (bicyclic) bond motifs is 1. The average molecular weight is 397 g/mol. The molecule has 0 atom stereocenters. The molecule has 0 aliphatic heterocycles. The molecule has 29 heavy (non-hydrogen) atoms. The summed E-state index contributed by atoms with van der Waals surface area (Å²) in [5.74, 6) is -0.261. The lowest BCUT2D eigenvalue weighted by molar-refractivity contribution is 0.0958. The van der Waals surface area contributed by atoms with Crippen molar-refractivity contribution in [3.63, 3.8) is 0 Å². The van der Waals surface area contributed by atoms with E-state index < -0.39 is 0 Å². The van der Waals surface area contributed by atoms with Crippen molar-refractivity contribution in [3.8, 4) is 16.3 Å². The van der Waals surface area contributed by atoms with Gasteiger partial charge >= 0.3 is 0 Å². The molecule has 0 radical (unpaired) electrons. The third-order valence-corrected chi connectivity index (χ3v) is 5.36. The highest BCUT2D eigenvalue weighted by Crippen LogP contribution is 2.28. The maximum atomic E-state index is 12.7. The number of thiophene rings is 1. The molecule has 0 unspecified atom stereocenters. The number of benzene rings is 2. The Balaban J connectivity index is 1.53. The second-order valence-electron chi connectivity index (χ2n) is 6.35. The predicted molar refractivity (Wildman–Crippen MR) is 114 cm³/mol. The van der Waals surface area contributed by atoms with Crippen LogP contribution in [0.5, 0.6) is 0 Å². The SMILES string of the molecule is O=C(C=Cc1cn(-c2ccccc2)nc1-c1cccs1)n1nnc2ccccc21. The van der Waals surface area contributed by atoms with Gasteiger partial charge in [-0.2, -0.15) is 9.78 Å². The van der Waals surface area contributed by atoms with E-state index in [-0.39, 0.29) is 5.91 Å². The van der Waals surface area contributed by atoms with E-state index >= 15 is 0 Å². The van der Waals surface area contributed by atoms with Crippen molar-refractivity contribution < 1.29 is 4.79 Å². The van der Waals surface area contributed by atoms with Crippen molar-refractivity contribution in [3.05, 3.63) is 89.9 Å². The van der Waals surface area contributed by atoms with Crippen LogP contribution in [-0.2, 0) is 0 Å². The van der Waals surface area contributed by atoms with Crippen LogP contribution in [0.15, 0.2) is 84.4 Å². The van der Waals surface area contributed by atoms with Crippen molar-refractivity contribution in [2.45, 2.75) is 0 Å². The van der Waals surface area contributed by atoms with Gasteiger partial charge in [0.2, 0.25) is 0 Å². The maximum absolute atomic E-state index is 12.7. The quantitative estimate of drug-likeness (QED) is 0.412. The van der Waals surface area contributed by atoms with Gasteiger partial charge in [-0.25, -0.2) is 4.68 Å². The fraction of sp³-hybridized carbons (Fsp3) is 0. The van der Waals surface area contributed by atoms with Crippen molar-refractivity contribution in [1.29, 1.82) is 0 Å². The van der Waals surface area contributed by atoms with Gasteiger partial charge in [0, 0.05) is 17.8 Å². The van der Waals surface area contributed by atoms with E-state index in [2.05, 4.69) is 10.3 Å². The van der Waals surface area contributed by atoms with E-state index in [0.717, 1.165) is 21.8 Å². The number of hydrogen-bond acceptors (Lipinski definition) is 5. The molecular weight excluding hydrogens is 382 g/mol. The van der Waals surface area contributed by atoms with E-state index in [1.54, 1.807) is 17.4 Å². The van der Waals surface area contributed by atoms with E-state index in [1.807, 2.05) is 83.0 Å². The number of hydrogen-bond donors (Lipinski definition) is 0. The molecule has 0 amide bonds. The summed E-state index contributed by atoms with van der Waals surface area (Å²) >= 11 is 1.61. The van der Waals surface area contributed by atoms with Gasteiger partial charge < -0.3 is 0 Å². The van der Waals surface area contributed by atoms with Gasteiger partial charge in [-0.05, 0) is 41.8 Å². The minimum Gasteiger partial charge on any atom is -0.267 e. The zero-order chi connectivity index (χ0) is 19.6. The van der Waals surface area contributed by atoms with Gasteiger partial charge in [0.05, 0.1) is 16.1 Å². The summed E-state index contributed by atoms with van der Waals surface area (Å²) < 4.78 is 3.13. The van der Waals surface area contributed by atoms with Crippen molar-refractivity contribution in [2.24, 2.45) is 0 Å². The van der Waals surface area contributed by atoms with Gasteiger partial charge in [0.25, 0.3) is 5.91 Å². The summed E-state index contributed by atoms with van der Waals surface area (Å²) in [6.07, 6.45) is 5.21. The number of carbonyl (C=O) groups excluding carboxylic acids is 1. The highest BCUT2D eigenvalue weighted by Gasteiger charge is 2.13. The number of aromatic nitrogens is 5. The third-order valence-electron chi connectivity index (χ3n) is 4.48. The molecule has 5 rings (SSSR count). The number of para-hydroxylation sites is 2. The fourth-order valence-corrected chi connectivity index (χ4v) is 3.82. The van der Waals surface area contributed by atoms with Crippen LogP contribution in [-0.4, -0.2) is 30.7 Å². The van der Waals surface area contributed by atoms with Crippen molar-refractivity contribution in [2.75, 3.05) is 0 Å². The summed E-state index contributed by atoms with van der Waals surface area (Å²) in [6.45, 7) is 0. The predicted octanol–water partition coefficient (Wildman–Crippen LogP) is 4.70. The van der Waals surface area contributed by atoms with Gasteiger partial charge in [0.1, 0.15) is 11.2 Å². The maximum Gasteiger partial charge on any atom is 0.272 e. The lowest BCUT2D eigenvalue weighted by Gasteiger charge is -1.99. The lowest BCUT2D eigenvalue weighted by Crippen LogP contribution is -2.08. The Morgan fingerprint density at radius 2 is 1.79 bits per heavy atom. The van der Waals surface area contributed by atoms with E-state index in [0.29, 0.717) is 11.0 Å². The van der Waals surface area contributed by atoms with Crippen LogP contribution in [0.3, 0.4) is 0 Å². The number of rotatable bonds is 4. The van der Waals surface area contributed by atoms with Gasteiger partial charge in [-0.1, -0.05) is 41.6 Å². The third kappa shape index (κ3) is 3.28. The molecule has 7 heteroatoms. The summed E-state index contributed by atoms with van der Waals surface area (Å²) in [4.78, 5) is 13.8. The first-order valence-electron chi connectivity index (χ1n) is 9.01. The summed E-state index contributed by atoms with van der Waals surface area (Å²) in [5.41, 5.74) is 4.01. The molecule has 3 heterocycles. The lowest BCUT2D eigenvalue weighted by atomic mass is 10.2. The highest BCUT2D eigenvalue weighted by atomic mass is 32.1. The Hall–Kier alpha value is -3.84. The molecule has 0 spiro atoms. The molecule has 140 valence electrons. The van der Waals surface area contributed by atoms with Crippen LogP contribution in [0.4, 0.5) is 0 Å². The van der Waals surface area contributed by atoms with E-state index in [4.69, 9.17) is 5.10 Å². The van der Waals surface area contributed by atoms with Crippen LogP contribution in [0.1, 0.15) is 10.4 Å². The topological polar surface area (TPSA) is 65.6 Å². The molecule has 2 aromatic carbocycles. The zero-order valence-electron chi connectivity index (χ0n) is 15.2. The highest BCUT2D eigenvalue weighted by molar-refractivity contribution is 7.13. The first kappa shape index (κ1) is 17.3. The molecule has 0 aliphatic rings. The summed E-state index contributed by atoms with van der Waals surface area (Å²) in [7, 11) is 0. The molecule has 0 N–H and O–H groups in total. The Kier molecular flexibility index (Phi) is 4.34. The number of carbonyl (C=O) groups is 1. The summed E-state index contributed by atoms with van der Waals surface area (Å²) in [5, 5.41) is 14.8. The second kappa shape index (κ2) is 7.29. The first-order chi connectivity index (χ1) is 14.3. The Morgan fingerprint density at radius 3 is 2.62 bits per heavy atom. The Labute approximate surface area is 170 Å². The Morgan fingerprint density at radius 1 is 0.966 bits per heavy atom. The van der Waals surface area contributed by atoms with Gasteiger partial charge in [-0.15, -0.1) is 16.4 Å².